The topological polar surface area (TPSA) is 62.8 Å². The Morgan fingerprint density at radius 1 is 1.16 bits per heavy atom. The first kappa shape index (κ1) is 18.0. The molecule has 0 saturated carbocycles. The Balaban J connectivity index is 0.00000108. The van der Waals surface area contributed by atoms with Gasteiger partial charge in [-0.05, 0) is 6.07 Å². The van der Waals surface area contributed by atoms with Crippen LogP contribution in [0.15, 0.2) is 24.5 Å². The molecule has 3 rings (SSSR count). The van der Waals surface area contributed by atoms with Crippen LogP contribution in [-0.4, -0.2) is 28.3 Å². The molecule has 0 radical (unpaired) electrons. The van der Waals surface area contributed by atoms with Crippen LogP contribution in [0.25, 0.3) is 11.3 Å². The number of rotatable bonds is 1. The number of halogens is 3. The van der Waals surface area contributed by atoms with Gasteiger partial charge in [0.2, 0.25) is 5.88 Å². The third kappa shape index (κ3) is 3.98. The highest BCUT2D eigenvalue weighted by Crippen LogP contribution is 2.23. The average molecular weight is 326 g/mol. The zero-order valence-corrected chi connectivity index (χ0v) is 12.4. The highest BCUT2D eigenvalue weighted by atomic mass is 35.5. The summed E-state index contributed by atoms with van der Waals surface area (Å²) in [5.74, 6) is 0.726. The molecule has 0 bridgehead atoms. The van der Waals surface area contributed by atoms with Crippen LogP contribution in [0.1, 0.15) is 5.56 Å². The summed E-state index contributed by atoms with van der Waals surface area (Å²) >= 11 is 0. The summed E-state index contributed by atoms with van der Waals surface area (Å²) in [7, 11) is 0. The molecule has 2 N–H and O–H groups in total. The van der Waals surface area contributed by atoms with Crippen molar-refractivity contribution in [2.75, 3.05) is 13.2 Å². The number of ether oxygens (including phenoxy) is 1. The molecule has 0 aromatic carbocycles. The molecule has 2 aromatic rings. The van der Waals surface area contributed by atoms with Crippen molar-refractivity contribution >= 4 is 37.2 Å². The van der Waals surface area contributed by atoms with Crippen LogP contribution in [0.2, 0.25) is 0 Å². The van der Waals surface area contributed by atoms with Gasteiger partial charge < -0.3 is 10.1 Å². The zero-order chi connectivity index (χ0) is 10.8. The molecule has 0 unspecified atom stereocenters. The molecule has 0 spiro atoms. The molecular weight excluding hydrogens is 311 g/mol. The maximum absolute atomic E-state index is 5.58. The lowest BCUT2D eigenvalue weighted by molar-refractivity contribution is 0.314. The molecule has 8 heteroatoms. The van der Waals surface area contributed by atoms with Crippen LogP contribution >= 0.6 is 37.2 Å². The third-order valence-electron chi connectivity index (χ3n) is 2.57. The molecule has 1 aliphatic rings. The van der Waals surface area contributed by atoms with Gasteiger partial charge in [-0.25, -0.2) is 4.98 Å². The second kappa shape index (κ2) is 8.22. The van der Waals surface area contributed by atoms with E-state index in [1.165, 1.54) is 0 Å². The van der Waals surface area contributed by atoms with E-state index in [9.17, 15) is 0 Å². The Morgan fingerprint density at radius 3 is 2.74 bits per heavy atom. The summed E-state index contributed by atoms with van der Waals surface area (Å²) in [6.07, 6.45) is 3.58. The van der Waals surface area contributed by atoms with Crippen LogP contribution in [0.3, 0.4) is 0 Å². The second-order valence-corrected chi connectivity index (χ2v) is 3.67. The van der Waals surface area contributed by atoms with Crippen LogP contribution in [0.4, 0.5) is 0 Å². The van der Waals surface area contributed by atoms with Crippen molar-refractivity contribution in [3.05, 3.63) is 30.1 Å². The summed E-state index contributed by atoms with van der Waals surface area (Å²) in [5.41, 5.74) is 2.96. The number of aromatic amines is 1. The molecule has 19 heavy (non-hydrogen) atoms. The predicted octanol–water partition coefficient (Wildman–Crippen LogP) is 2.22. The molecule has 1 aliphatic heterocycles. The molecule has 2 aromatic heterocycles. The first-order chi connectivity index (χ1) is 7.93. The summed E-state index contributed by atoms with van der Waals surface area (Å²) in [5, 5.41) is 9.96. The largest absolute Gasteiger partial charge is 0.476 e. The average Bonchev–Trinajstić information content (AvgIpc) is 2.74. The Kier molecular flexibility index (Phi) is 7.78. The van der Waals surface area contributed by atoms with Crippen molar-refractivity contribution < 1.29 is 4.74 Å². The third-order valence-corrected chi connectivity index (χ3v) is 2.57. The van der Waals surface area contributed by atoms with Crippen molar-refractivity contribution in [3.8, 4) is 17.1 Å². The molecule has 3 heterocycles. The smallest absolute Gasteiger partial charge is 0.218 e. The predicted molar refractivity (Wildman–Crippen MR) is 80.8 cm³/mol. The van der Waals surface area contributed by atoms with Crippen LogP contribution in [-0.2, 0) is 6.54 Å². The summed E-state index contributed by atoms with van der Waals surface area (Å²) in [6.45, 7) is 2.33. The van der Waals surface area contributed by atoms with Crippen molar-refractivity contribution in [2.24, 2.45) is 0 Å². The van der Waals surface area contributed by atoms with E-state index >= 15 is 0 Å². The lowest BCUT2D eigenvalue weighted by Gasteiger charge is -2.06. The van der Waals surface area contributed by atoms with Gasteiger partial charge in [0.1, 0.15) is 6.61 Å². The van der Waals surface area contributed by atoms with Crippen LogP contribution in [0, 0.1) is 0 Å². The van der Waals surface area contributed by atoms with E-state index in [1.807, 2.05) is 18.3 Å². The minimum Gasteiger partial charge on any atom is -0.476 e. The summed E-state index contributed by atoms with van der Waals surface area (Å²) < 4.78 is 5.58. The number of aromatic nitrogens is 3. The number of H-pyrrole nitrogens is 1. The van der Waals surface area contributed by atoms with Crippen molar-refractivity contribution in [3.63, 3.8) is 0 Å². The number of fused-ring (bicyclic) bond motifs is 1. The first-order valence-electron chi connectivity index (χ1n) is 5.26. The lowest BCUT2D eigenvalue weighted by atomic mass is 10.2. The van der Waals surface area contributed by atoms with E-state index in [0.717, 1.165) is 35.8 Å². The molecule has 0 atom stereocenters. The summed E-state index contributed by atoms with van der Waals surface area (Å²) in [4.78, 5) is 4.49. The van der Waals surface area contributed by atoms with E-state index in [2.05, 4.69) is 20.5 Å². The Labute approximate surface area is 129 Å². The highest BCUT2D eigenvalue weighted by Gasteiger charge is 2.11. The highest BCUT2D eigenvalue weighted by molar-refractivity contribution is 5.86. The maximum atomic E-state index is 5.58. The zero-order valence-electron chi connectivity index (χ0n) is 9.96. The number of nitrogens with zero attached hydrogens (tertiary/aromatic N) is 2. The Bertz CT molecular complexity index is 493. The minimum absolute atomic E-state index is 0. The minimum atomic E-state index is 0. The summed E-state index contributed by atoms with van der Waals surface area (Å²) in [6, 6.07) is 4.03. The van der Waals surface area contributed by atoms with Gasteiger partial charge in [-0.15, -0.1) is 37.2 Å². The van der Waals surface area contributed by atoms with E-state index in [4.69, 9.17) is 4.74 Å². The Hall–Kier alpha value is -1.01. The number of pyridine rings is 1. The molecule has 0 aliphatic carbocycles. The Morgan fingerprint density at radius 2 is 2.00 bits per heavy atom. The first-order valence-corrected chi connectivity index (χ1v) is 5.26. The molecular formula is C11H15Cl3N4O. The molecule has 5 nitrogen and oxygen atoms in total. The SMILES string of the molecule is Cl.Cl.Cl.c1n[nH]cc1-c1ccc2c(n1)OCCNC2. The van der Waals surface area contributed by atoms with Gasteiger partial charge in [-0.2, -0.15) is 5.10 Å². The fraction of sp³-hybridized carbons (Fsp3) is 0.273. The van der Waals surface area contributed by atoms with E-state index in [0.29, 0.717) is 6.61 Å². The van der Waals surface area contributed by atoms with E-state index < -0.39 is 0 Å². The molecule has 0 fully saturated rings. The standard InChI is InChI=1S/C11H12N4O.3ClH/c1-2-10(9-6-13-14-7-9)15-11-8(1)5-12-3-4-16-11;;;/h1-2,6-7,12H,3-5H2,(H,13,14);3*1H. The van der Waals surface area contributed by atoms with Gasteiger partial charge in [-0.1, -0.05) is 6.07 Å². The lowest BCUT2D eigenvalue weighted by Crippen LogP contribution is -2.16. The van der Waals surface area contributed by atoms with Gasteiger partial charge in [0.05, 0.1) is 11.9 Å². The number of hydrogen-bond donors (Lipinski definition) is 2. The van der Waals surface area contributed by atoms with Gasteiger partial charge in [0.25, 0.3) is 0 Å². The number of nitrogens with one attached hydrogen (secondary N) is 2. The normalized spacial score (nSPS) is 12.6. The van der Waals surface area contributed by atoms with Gasteiger partial charge >= 0.3 is 0 Å². The fourth-order valence-corrected chi connectivity index (χ4v) is 1.72. The van der Waals surface area contributed by atoms with Gasteiger partial charge in [0.15, 0.2) is 0 Å². The second-order valence-electron chi connectivity index (χ2n) is 3.67. The van der Waals surface area contributed by atoms with Crippen LogP contribution < -0.4 is 10.1 Å². The monoisotopic (exact) mass is 324 g/mol. The quantitative estimate of drug-likeness (QED) is 0.844. The maximum Gasteiger partial charge on any atom is 0.218 e. The van der Waals surface area contributed by atoms with E-state index in [1.54, 1.807) is 6.20 Å². The van der Waals surface area contributed by atoms with Crippen LogP contribution in [0.5, 0.6) is 5.88 Å². The van der Waals surface area contributed by atoms with E-state index in [-0.39, 0.29) is 37.2 Å². The van der Waals surface area contributed by atoms with Gasteiger partial charge in [-0.3, -0.25) is 5.10 Å². The van der Waals surface area contributed by atoms with Crippen molar-refractivity contribution in [1.82, 2.24) is 20.5 Å². The molecule has 0 saturated heterocycles. The number of hydrogen-bond acceptors (Lipinski definition) is 4. The van der Waals surface area contributed by atoms with Crippen molar-refractivity contribution in [1.29, 1.82) is 0 Å². The fourth-order valence-electron chi connectivity index (χ4n) is 1.72. The van der Waals surface area contributed by atoms with Crippen molar-refractivity contribution in [2.45, 2.75) is 6.54 Å². The van der Waals surface area contributed by atoms with Gasteiger partial charge in [0, 0.05) is 30.4 Å². The molecule has 0 amide bonds. The molecule has 106 valence electrons.